The van der Waals surface area contributed by atoms with Crippen LogP contribution < -0.4 is 10.6 Å². The fourth-order valence-corrected chi connectivity index (χ4v) is 1.96. The Morgan fingerprint density at radius 3 is 2.64 bits per heavy atom. The Bertz CT molecular complexity index is 208. The summed E-state index contributed by atoms with van der Waals surface area (Å²) in [5, 5.41) is 6.14. The molecule has 0 radical (unpaired) electrons. The maximum atomic E-state index is 11.5. The van der Waals surface area contributed by atoms with Gasteiger partial charge in [-0.2, -0.15) is 0 Å². The number of nitrogens with one attached hydrogen (secondary N) is 2. The van der Waals surface area contributed by atoms with Crippen molar-refractivity contribution in [3.05, 3.63) is 0 Å². The molecular formula is C9H18ClN3O. The van der Waals surface area contributed by atoms with E-state index in [1.807, 2.05) is 0 Å². The van der Waals surface area contributed by atoms with Crippen molar-refractivity contribution in [1.29, 1.82) is 0 Å². The van der Waals surface area contributed by atoms with E-state index in [2.05, 4.69) is 22.6 Å². The van der Waals surface area contributed by atoms with Crippen LogP contribution in [0.2, 0.25) is 0 Å². The van der Waals surface area contributed by atoms with Gasteiger partial charge in [-0.25, -0.2) is 0 Å². The molecule has 0 bridgehead atoms. The predicted molar refractivity (Wildman–Crippen MR) is 57.7 cm³/mol. The van der Waals surface area contributed by atoms with E-state index in [9.17, 15) is 4.79 Å². The molecule has 2 fully saturated rings. The van der Waals surface area contributed by atoms with Crippen LogP contribution in [0.5, 0.6) is 0 Å². The number of likely N-dealkylation sites (N-methyl/N-ethyl adjacent to an activating group) is 1. The fraction of sp³-hybridized carbons (Fsp3) is 0.889. The van der Waals surface area contributed by atoms with Crippen molar-refractivity contribution >= 4 is 18.3 Å². The van der Waals surface area contributed by atoms with Crippen molar-refractivity contribution in [2.45, 2.75) is 24.9 Å². The van der Waals surface area contributed by atoms with Crippen LogP contribution in [0, 0.1) is 0 Å². The van der Waals surface area contributed by atoms with Gasteiger partial charge in [0.15, 0.2) is 0 Å². The van der Waals surface area contributed by atoms with Crippen molar-refractivity contribution in [3.8, 4) is 0 Å². The van der Waals surface area contributed by atoms with Gasteiger partial charge in [0.2, 0.25) is 5.91 Å². The van der Waals surface area contributed by atoms with E-state index in [1.54, 1.807) is 0 Å². The van der Waals surface area contributed by atoms with Gasteiger partial charge in [-0.1, -0.05) is 0 Å². The molecule has 2 aliphatic heterocycles. The van der Waals surface area contributed by atoms with Crippen LogP contribution >= 0.6 is 12.4 Å². The number of rotatable bonds is 2. The van der Waals surface area contributed by atoms with Gasteiger partial charge in [-0.3, -0.25) is 9.69 Å². The number of piperidine rings is 1. The first-order valence-electron chi connectivity index (χ1n) is 4.99. The van der Waals surface area contributed by atoms with Crippen LogP contribution in [0.4, 0.5) is 0 Å². The van der Waals surface area contributed by atoms with Crippen LogP contribution in [0.25, 0.3) is 0 Å². The van der Waals surface area contributed by atoms with Gasteiger partial charge < -0.3 is 10.6 Å². The lowest BCUT2D eigenvalue weighted by Crippen LogP contribution is -2.62. The highest BCUT2D eigenvalue weighted by Gasteiger charge is 2.32. The van der Waals surface area contributed by atoms with Crippen LogP contribution in [-0.2, 0) is 4.79 Å². The Morgan fingerprint density at radius 1 is 1.43 bits per heavy atom. The van der Waals surface area contributed by atoms with Gasteiger partial charge >= 0.3 is 0 Å². The number of hydrogen-bond acceptors (Lipinski definition) is 3. The second kappa shape index (κ2) is 4.96. The first-order valence-corrected chi connectivity index (χ1v) is 4.99. The average Bonchev–Trinajstić information content (AvgIpc) is 2.01. The lowest BCUT2D eigenvalue weighted by molar-refractivity contribution is -0.129. The van der Waals surface area contributed by atoms with Gasteiger partial charge in [0.1, 0.15) is 0 Å². The number of hydrogen-bond donors (Lipinski definition) is 2. The van der Waals surface area contributed by atoms with Crippen LogP contribution in [0.3, 0.4) is 0 Å². The molecule has 5 heteroatoms. The first kappa shape index (κ1) is 11.8. The van der Waals surface area contributed by atoms with E-state index < -0.39 is 0 Å². The highest BCUT2D eigenvalue weighted by Crippen LogP contribution is 2.14. The van der Waals surface area contributed by atoms with Gasteiger partial charge in [0, 0.05) is 25.7 Å². The zero-order valence-corrected chi connectivity index (χ0v) is 9.27. The summed E-state index contributed by atoms with van der Waals surface area (Å²) < 4.78 is 0. The summed E-state index contributed by atoms with van der Waals surface area (Å²) in [7, 11) is 2.06. The van der Waals surface area contributed by atoms with Gasteiger partial charge in [-0.05, 0) is 19.9 Å². The summed E-state index contributed by atoms with van der Waals surface area (Å²) in [6, 6.07) is 0.676. The summed E-state index contributed by atoms with van der Waals surface area (Å²) in [6.07, 6.45) is 2.12. The summed E-state index contributed by atoms with van der Waals surface area (Å²) in [6.45, 7) is 2.91. The molecule has 2 rings (SSSR count). The molecule has 0 aliphatic carbocycles. The molecule has 1 unspecified atom stereocenters. The van der Waals surface area contributed by atoms with Crippen molar-refractivity contribution < 1.29 is 4.79 Å². The van der Waals surface area contributed by atoms with Gasteiger partial charge in [0.25, 0.3) is 0 Å². The Balaban J connectivity index is 0.000000980. The SMILES string of the molecule is CN(C1CNC1)C1CCCNC1=O.Cl. The minimum Gasteiger partial charge on any atom is -0.355 e. The second-order valence-electron chi connectivity index (χ2n) is 3.93. The Hall–Kier alpha value is -0.320. The standard InChI is InChI=1S/C9H17N3O.ClH/c1-12(7-5-10-6-7)8-3-2-4-11-9(8)13;/h7-8,10H,2-6H2,1H3,(H,11,13);1H. The molecule has 4 nitrogen and oxygen atoms in total. The maximum absolute atomic E-state index is 11.5. The zero-order valence-electron chi connectivity index (χ0n) is 8.45. The number of amides is 1. The van der Waals surface area contributed by atoms with E-state index in [1.165, 1.54) is 0 Å². The minimum absolute atomic E-state index is 0. The van der Waals surface area contributed by atoms with Crippen LogP contribution in [0.1, 0.15) is 12.8 Å². The van der Waals surface area contributed by atoms with E-state index in [-0.39, 0.29) is 24.4 Å². The second-order valence-corrected chi connectivity index (χ2v) is 3.93. The molecule has 0 aromatic heterocycles. The molecule has 1 atom stereocenters. The first-order chi connectivity index (χ1) is 6.29. The Kier molecular flexibility index (Phi) is 4.16. The lowest BCUT2D eigenvalue weighted by Gasteiger charge is -2.41. The van der Waals surface area contributed by atoms with Gasteiger partial charge in [-0.15, -0.1) is 12.4 Å². The van der Waals surface area contributed by atoms with Crippen molar-refractivity contribution in [1.82, 2.24) is 15.5 Å². The summed E-state index contributed by atoms with van der Waals surface area (Å²) in [4.78, 5) is 13.7. The van der Waals surface area contributed by atoms with Crippen molar-refractivity contribution in [2.75, 3.05) is 26.7 Å². The third-order valence-corrected chi connectivity index (χ3v) is 3.08. The van der Waals surface area contributed by atoms with Crippen molar-refractivity contribution in [2.24, 2.45) is 0 Å². The van der Waals surface area contributed by atoms with E-state index >= 15 is 0 Å². The van der Waals surface area contributed by atoms with E-state index in [0.29, 0.717) is 6.04 Å². The predicted octanol–water partition coefficient (Wildman–Crippen LogP) is -0.410. The molecule has 14 heavy (non-hydrogen) atoms. The minimum atomic E-state index is 0. The molecule has 82 valence electrons. The van der Waals surface area contributed by atoms with Crippen molar-refractivity contribution in [3.63, 3.8) is 0 Å². The molecule has 2 saturated heterocycles. The Morgan fingerprint density at radius 2 is 2.14 bits per heavy atom. The molecule has 2 heterocycles. The highest BCUT2D eigenvalue weighted by molar-refractivity contribution is 5.85. The van der Waals surface area contributed by atoms with E-state index in [0.717, 1.165) is 32.5 Å². The summed E-state index contributed by atoms with van der Waals surface area (Å²) >= 11 is 0. The smallest absolute Gasteiger partial charge is 0.237 e. The lowest BCUT2D eigenvalue weighted by atomic mass is 10.0. The number of carbonyl (C=O) groups is 1. The molecule has 0 saturated carbocycles. The van der Waals surface area contributed by atoms with E-state index in [4.69, 9.17) is 0 Å². The van der Waals surface area contributed by atoms with Crippen LogP contribution in [0.15, 0.2) is 0 Å². The highest BCUT2D eigenvalue weighted by atomic mass is 35.5. The molecule has 0 spiro atoms. The maximum Gasteiger partial charge on any atom is 0.237 e. The molecular weight excluding hydrogens is 202 g/mol. The number of nitrogens with zero attached hydrogens (tertiary/aromatic N) is 1. The fourth-order valence-electron chi connectivity index (χ4n) is 1.96. The summed E-state index contributed by atoms with van der Waals surface area (Å²) in [5.41, 5.74) is 0. The number of halogens is 1. The Labute approximate surface area is 90.8 Å². The third kappa shape index (κ3) is 2.19. The zero-order chi connectivity index (χ0) is 9.26. The van der Waals surface area contributed by atoms with Crippen LogP contribution in [-0.4, -0.2) is 49.6 Å². The summed E-state index contributed by atoms with van der Waals surface area (Å²) in [5.74, 6) is 0.209. The molecule has 2 N–H and O–H groups in total. The topological polar surface area (TPSA) is 44.4 Å². The molecule has 0 aromatic carbocycles. The van der Waals surface area contributed by atoms with Gasteiger partial charge in [0.05, 0.1) is 6.04 Å². The molecule has 0 aromatic rings. The average molecular weight is 220 g/mol. The largest absolute Gasteiger partial charge is 0.355 e. The monoisotopic (exact) mass is 219 g/mol. The third-order valence-electron chi connectivity index (χ3n) is 3.08. The molecule has 2 aliphatic rings. The molecule has 1 amide bonds. The quantitative estimate of drug-likeness (QED) is 0.664. The normalized spacial score (nSPS) is 27.9. The number of carbonyl (C=O) groups excluding carboxylic acids is 1.